The molecule has 1 aromatic rings. The van der Waals surface area contributed by atoms with Gasteiger partial charge in [0.15, 0.2) is 18.9 Å². The summed E-state index contributed by atoms with van der Waals surface area (Å²) in [6, 6.07) is 5.61. The van der Waals surface area contributed by atoms with Crippen molar-refractivity contribution in [3.63, 3.8) is 0 Å². The number of rotatable bonds is 33. The van der Waals surface area contributed by atoms with Crippen LogP contribution in [0.1, 0.15) is 136 Å². The molecule has 0 aliphatic carbocycles. The summed E-state index contributed by atoms with van der Waals surface area (Å²) in [7, 11) is -4.53. The molecule has 3 unspecified atom stereocenters. The highest BCUT2D eigenvalue weighted by atomic mass is 31.2. The van der Waals surface area contributed by atoms with Gasteiger partial charge in [0, 0.05) is 31.8 Å². The minimum atomic E-state index is -4.53. The van der Waals surface area contributed by atoms with Gasteiger partial charge < -0.3 is 28.5 Å². The van der Waals surface area contributed by atoms with E-state index in [1.54, 1.807) is 0 Å². The van der Waals surface area contributed by atoms with Crippen LogP contribution in [-0.2, 0) is 34.4 Å². The first-order chi connectivity index (χ1) is 21.9. The maximum Gasteiger partial charge on any atom is 0.303 e. The van der Waals surface area contributed by atoms with Gasteiger partial charge in [-0.05, 0) is 31.6 Å². The molecular formula is C35H64NO8P. The van der Waals surface area contributed by atoms with E-state index < -0.39 is 19.9 Å². The van der Waals surface area contributed by atoms with E-state index >= 15 is 0 Å². The SMILES string of the molecule is CCCCCCCCCCC(CCCCCCCC)COCC(COP(=O)([O-])OCC[n+]1ccccc1)OCCCCC(=O)O. The van der Waals surface area contributed by atoms with Gasteiger partial charge in [0.1, 0.15) is 12.7 Å². The molecule has 0 saturated carbocycles. The van der Waals surface area contributed by atoms with E-state index in [0.29, 0.717) is 38.5 Å². The summed E-state index contributed by atoms with van der Waals surface area (Å²) in [6.45, 7) is 5.75. The molecule has 0 spiro atoms. The number of phosphoric acid groups is 1. The predicted octanol–water partition coefficient (Wildman–Crippen LogP) is 8.03. The number of carbonyl (C=O) groups is 1. The van der Waals surface area contributed by atoms with Crippen LogP contribution in [0.5, 0.6) is 0 Å². The molecule has 0 aliphatic heterocycles. The third-order valence-corrected chi connectivity index (χ3v) is 8.99. The van der Waals surface area contributed by atoms with Crippen molar-refractivity contribution >= 4 is 13.8 Å². The molecule has 262 valence electrons. The van der Waals surface area contributed by atoms with Gasteiger partial charge in [-0.1, -0.05) is 110 Å². The minimum Gasteiger partial charge on any atom is -0.756 e. The van der Waals surface area contributed by atoms with Gasteiger partial charge in [-0.2, -0.15) is 0 Å². The van der Waals surface area contributed by atoms with E-state index in [4.69, 9.17) is 23.6 Å². The normalized spacial score (nSPS) is 14.3. The summed E-state index contributed by atoms with van der Waals surface area (Å²) in [5, 5.41) is 8.90. The summed E-state index contributed by atoms with van der Waals surface area (Å²) in [4.78, 5) is 23.3. The molecule has 0 aliphatic rings. The summed E-state index contributed by atoms with van der Waals surface area (Å²) in [5.74, 6) is -0.373. The van der Waals surface area contributed by atoms with Crippen LogP contribution in [0.4, 0.5) is 0 Å². The predicted molar refractivity (Wildman–Crippen MR) is 177 cm³/mol. The zero-order valence-corrected chi connectivity index (χ0v) is 29.3. The number of aliphatic carboxylic acids is 1. The van der Waals surface area contributed by atoms with Gasteiger partial charge in [-0.25, -0.2) is 4.57 Å². The number of phosphoric ester groups is 1. The van der Waals surface area contributed by atoms with Crippen LogP contribution in [0.2, 0.25) is 0 Å². The largest absolute Gasteiger partial charge is 0.756 e. The van der Waals surface area contributed by atoms with Crippen molar-refractivity contribution in [3.05, 3.63) is 30.6 Å². The monoisotopic (exact) mass is 657 g/mol. The van der Waals surface area contributed by atoms with Crippen LogP contribution in [-0.4, -0.2) is 50.2 Å². The number of pyridine rings is 1. The van der Waals surface area contributed by atoms with Crippen molar-refractivity contribution in [1.82, 2.24) is 0 Å². The number of aromatic nitrogens is 1. The van der Waals surface area contributed by atoms with Crippen molar-refractivity contribution < 1.29 is 42.4 Å². The van der Waals surface area contributed by atoms with Crippen molar-refractivity contribution in [2.75, 3.05) is 33.0 Å². The van der Waals surface area contributed by atoms with E-state index in [1.807, 2.05) is 35.2 Å². The Kier molecular flexibility index (Phi) is 26.7. The first kappa shape index (κ1) is 41.7. The maximum absolute atomic E-state index is 12.4. The second-order valence-electron chi connectivity index (χ2n) is 12.3. The third kappa shape index (κ3) is 26.4. The molecule has 1 rings (SSSR count). The fraction of sp³-hybridized carbons (Fsp3) is 0.829. The second kappa shape index (κ2) is 28.8. The number of ether oxygens (including phenoxy) is 2. The van der Waals surface area contributed by atoms with Gasteiger partial charge in [0.2, 0.25) is 0 Å². The molecule has 3 atom stereocenters. The van der Waals surface area contributed by atoms with Crippen LogP contribution in [0.3, 0.4) is 0 Å². The molecular weight excluding hydrogens is 593 g/mol. The highest BCUT2D eigenvalue weighted by Crippen LogP contribution is 2.38. The molecule has 1 N–H and O–H groups in total. The molecule has 0 fully saturated rings. The summed E-state index contributed by atoms with van der Waals surface area (Å²) < 4.78 is 36.5. The molecule has 0 amide bonds. The molecule has 10 heteroatoms. The number of unbranched alkanes of at least 4 members (excludes halogenated alkanes) is 13. The molecule has 0 radical (unpaired) electrons. The molecule has 9 nitrogen and oxygen atoms in total. The van der Waals surface area contributed by atoms with Crippen LogP contribution < -0.4 is 9.46 Å². The van der Waals surface area contributed by atoms with Crippen LogP contribution in [0, 0.1) is 5.92 Å². The van der Waals surface area contributed by atoms with Gasteiger partial charge >= 0.3 is 5.97 Å². The number of carboxylic acid groups (broad SMARTS) is 1. The third-order valence-electron chi connectivity index (χ3n) is 8.02. The summed E-state index contributed by atoms with van der Waals surface area (Å²) in [6.07, 6.45) is 24.5. The Labute approximate surface area is 274 Å². The second-order valence-corrected chi connectivity index (χ2v) is 13.7. The first-order valence-electron chi connectivity index (χ1n) is 17.8. The lowest BCUT2D eigenvalue weighted by Gasteiger charge is -2.26. The average molecular weight is 658 g/mol. The Morgan fingerprint density at radius 2 is 1.31 bits per heavy atom. The van der Waals surface area contributed by atoms with Gasteiger partial charge in [-0.3, -0.25) is 9.36 Å². The fourth-order valence-corrected chi connectivity index (χ4v) is 6.01. The zero-order valence-electron chi connectivity index (χ0n) is 28.4. The lowest BCUT2D eigenvalue weighted by Crippen LogP contribution is -2.35. The van der Waals surface area contributed by atoms with Crippen LogP contribution in [0.25, 0.3) is 0 Å². The molecule has 45 heavy (non-hydrogen) atoms. The Bertz CT molecular complexity index is 859. The highest BCUT2D eigenvalue weighted by Gasteiger charge is 2.18. The quantitative estimate of drug-likeness (QED) is 0.0459. The van der Waals surface area contributed by atoms with Crippen molar-refractivity contribution in [2.24, 2.45) is 5.92 Å². The Hall–Kier alpha value is -1.35. The van der Waals surface area contributed by atoms with E-state index in [1.165, 1.54) is 89.9 Å². The van der Waals surface area contributed by atoms with Gasteiger partial charge in [0.25, 0.3) is 7.82 Å². The van der Waals surface area contributed by atoms with Gasteiger partial charge in [-0.15, -0.1) is 0 Å². The van der Waals surface area contributed by atoms with Gasteiger partial charge in [0.05, 0.1) is 13.2 Å². The minimum absolute atomic E-state index is 0.0362. The van der Waals surface area contributed by atoms with E-state index in [-0.39, 0.29) is 26.2 Å². The Morgan fingerprint density at radius 1 is 0.733 bits per heavy atom. The summed E-state index contributed by atoms with van der Waals surface area (Å²) in [5.41, 5.74) is 0. The average Bonchev–Trinajstić information content (AvgIpc) is 3.02. The van der Waals surface area contributed by atoms with Crippen molar-refractivity contribution in [2.45, 2.75) is 148 Å². The lowest BCUT2D eigenvalue weighted by atomic mass is 9.94. The van der Waals surface area contributed by atoms with Crippen molar-refractivity contribution in [1.29, 1.82) is 0 Å². The van der Waals surface area contributed by atoms with E-state index in [2.05, 4.69) is 13.8 Å². The Morgan fingerprint density at radius 3 is 1.89 bits per heavy atom. The van der Waals surface area contributed by atoms with Crippen LogP contribution in [0.15, 0.2) is 30.6 Å². The first-order valence-corrected chi connectivity index (χ1v) is 19.3. The summed E-state index contributed by atoms with van der Waals surface area (Å²) >= 11 is 0. The standard InChI is InChI=1S/C35H64NO8P/c1-3-5-7-9-11-12-14-17-23-33(22-16-13-10-8-6-4-2)30-41-31-34(42-28-21-18-24-35(37)38)32-44-45(39,40)43-29-27-36-25-19-15-20-26-36/h15,19-20,25-26,33-34H,3-14,16-18,21-24,27-32H2,1-2H3,(H-,37,38,39,40). The van der Waals surface area contributed by atoms with E-state index in [0.717, 1.165) is 12.8 Å². The molecule has 0 aromatic carbocycles. The number of hydrogen-bond acceptors (Lipinski definition) is 7. The molecule has 0 bridgehead atoms. The molecule has 1 aromatic heterocycles. The number of hydrogen-bond donors (Lipinski definition) is 1. The molecule has 0 saturated heterocycles. The number of carboxylic acids is 1. The fourth-order valence-electron chi connectivity index (χ4n) is 5.28. The van der Waals surface area contributed by atoms with Crippen molar-refractivity contribution in [3.8, 4) is 0 Å². The lowest BCUT2D eigenvalue weighted by molar-refractivity contribution is -0.697. The topological polar surface area (TPSA) is 118 Å². The number of nitrogens with zero attached hydrogens (tertiary/aromatic N) is 1. The van der Waals surface area contributed by atoms with E-state index in [9.17, 15) is 14.3 Å². The molecule has 1 heterocycles. The maximum atomic E-state index is 12.4. The highest BCUT2D eigenvalue weighted by molar-refractivity contribution is 7.45. The smallest absolute Gasteiger partial charge is 0.303 e. The zero-order chi connectivity index (χ0) is 32.9. The van der Waals surface area contributed by atoms with Crippen LogP contribution >= 0.6 is 7.82 Å². The Balaban J connectivity index is 2.56.